The van der Waals surface area contributed by atoms with Crippen molar-refractivity contribution >= 4 is 5.97 Å². The fourth-order valence-electron chi connectivity index (χ4n) is 5.99. The van der Waals surface area contributed by atoms with E-state index in [-0.39, 0.29) is 16.7 Å². The van der Waals surface area contributed by atoms with Crippen LogP contribution in [0.4, 0.5) is 0 Å². The Hall–Kier alpha value is -1.05. The van der Waals surface area contributed by atoms with Gasteiger partial charge in [-0.1, -0.05) is 37.5 Å². The van der Waals surface area contributed by atoms with E-state index in [1.165, 1.54) is 19.3 Å². The van der Waals surface area contributed by atoms with Crippen LogP contribution in [-0.2, 0) is 4.79 Å². The molecule has 0 saturated heterocycles. The zero-order chi connectivity index (χ0) is 16.2. The van der Waals surface area contributed by atoms with Crippen molar-refractivity contribution in [3.63, 3.8) is 0 Å². The van der Waals surface area contributed by atoms with Crippen LogP contribution in [0.2, 0.25) is 0 Å². The van der Waals surface area contributed by atoms with Gasteiger partial charge in [-0.05, 0) is 63.2 Å². The Kier molecular flexibility index (Phi) is 3.58. The van der Waals surface area contributed by atoms with Crippen molar-refractivity contribution in [1.29, 1.82) is 0 Å². The van der Waals surface area contributed by atoms with Crippen LogP contribution in [-0.4, -0.2) is 11.1 Å². The number of fused-ring (bicyclic) bond motifs is 2. The average molecular weight is 302 g/mol. The van der Waals surface area contributed by atoms with Crippen LogP contribution in [0, 0.1) is 22.2 Å². The molecule has 4 atom stereocenters. The van der Waals surface area contributed by atoms with E-state index in [1.807, 2.05) is 6.92 Å². The monoisotopic (exact) mass is 302 g/mol. The number of carbonyl (C=O) groups is 1. The number of carboxylic acid groups (broad SMARTS) is 1. The minimum atomic E-state index is -0.588. The molecular weight excluding hydrogens is 272 g/mol. The number of aliphatic carboxylic acids is 1. The second-order valence-electron chi connectivity index (χ2n) is 8.52. The first-order valence-electron chi connectivity index (χ1n) is 8.88. The maximum Gasteiger partial charge on any atom is 0.309 e. The molecule has 0 aromatic heterocycles. The Labute approximate surface area is 134 Å². The van der Waals surface area contributed by atoms with E-state index in [2.05, 4.69) is 26.5 Å². The molecule has 0 aromatic rings. The van der Waals surface area contributed by atoms with Crippen LogP contribution < -0.4 is 0 Å². The lowest BCUT2D eigenvalue weighted by Gasteiger charge is -2.57. The van der Waals surface area contributed by atoms with Crippen molar-refractivity contribution in [3.05, 3.63) is 23.8 Å². The normalized spacial score (nSPS) is 45.0. The highest BCUT2D eigenvalue weighted by molar-refractivity contribution is 5.75. The van der Waals surface area contributed by atoms with E-state index in [9.17, 15) is 9.90 Å². The molecule has 2 nitrogen and oxygen atoms in total. The van der Waals surface area contributed by atoms with Crippen LogP contribution in [0.15, 0.2) is 23.8 Å². The fourth-order valence-corrected chi connectivity index (χ4v) is 5.99. The van der Waals surface area contributed by atoms with Crippen molar-refractivity contribution in [2.45, 2.75) is 72.1 Å². The second kappa shape index (κ2) is 4.97. The van der Waals surface area contributed by atoms with E-state index < -0.39 is 11.4 Å². The Morgan fingerprint density at radius 2 is 1.86 bits per heavy atom. The van der Waals surface area contributed by atoms with Crippen LogP contribution in [0.25, 0.3) is 0 Å². The molecule has 0 spiro atoms. The fraction of sp³-hybridized carbons (Fsp3) is 0.750. The summed E-state index contributed by atoms with van der Waals surface area (Å²) in [6.07, 6.45) is 10.9. The molecule has 3 aliphatic carbocycles. The number of hydrogen-bond donors (Lipinski definition) is 1. The van der Waals surface area contributed by atoms with Crippen molar-refractivity contribution in [2.24, 2.45) is 22.2 Å². The Balaban J connectivity index is 2.11. The third-order valence-corrected chi connectivity index (χ3v) is 7.42. The molecule has 0 aromatic carbocycles. The lowest BCUT2D eigenvalue weighted by Crippen LogP contribution is -2.51. The molecule has 1 saturated carbocycles. The van der Waals surface area contributed by atoms with E-state index in [0.717, 1.165) is 32.1 Å². The molecule has 0 unspecified atom stereocenters. The first kappa shape index (κ1) is 15.8. The quantitative estimate of drug-likeness (QED) is 0.698. The maximum atomic E-state index is 12.0. The second-order valence-corrected chi connectivity index (χ2v) is 8.52. The molecule has 1 fully saturated rings. The number of carboxylic acids is 1. The maximum absolute atomic E-state index is 12.0. The third kappa shape index (κ3) is 1.95. The Morgan fingerprint density at radius 3 is 2.50 bits per heavy atom. The number of hydrogen-bond acceptors (Lipinski definition) is 1. The summed E-state index contributed by atoms with van der Waals surface area (Å²) < 4.78 is 0. The summed E-state index contributed by atoms with van der Waals surface area (Å²) in [5, 5.41) is 9.86. The van der Waals surface area contributed by atoms with Gasteiger partial charge in [0.2, 0.25) is 0 Å². The van der Waals surface area contributed by atoms with Gasteiger partial charge in [-0.25, -0.2) is 0 Å². The van der Waals surface area contributed by atoms with Gasteiger partial charge in [0, 0.05) is 5.41 Å². The van der Waals surface area contributed by atoms with E-state index >= 15 is 0 Å². The largest absolute Gasteiger partial charge is 0.481 e. The minimum absolute atomic E-state index is 0.0870. The first-order chi connectivity index (χ1) is 10.3. The number of rotatable bonds is 2. The molecule has 0 bridgehead atoms. The third-order valence-electron chi connectivity index (χ3n) is 7.42. The standard InChI is InChI=1S/C20H30O2/c1-5-18(2)11-6-8-15-14(18)9-10-16-19(15,3)12-7-13-20(16,4)17(21)22/h5,16H,1,6-13H2,2-4H3,(H,21,22)/t16-,18-,19-,20+/m0/s1. The smallest absolute Gasteiger partial charge is 0.309 e. The molecule has 3 rings (SSSR count). The van der Waals surface area contributed by atoms with Crippen LogP contribution in [0.3, 0.4) is 0 Å². The lowest BCUT2D eigenvalue weighted by atomic mass is 9.46. The van der Waals surface area contributed by atoms with Crippen molar-refractivity contribution in [2.75, 3.05) is 0 Å². The molecule has 0 amide bonds. The molecule has 0 heterocycles. The van der Waals surface area contributed by atoms with E-state index in [1.54, 1.807) is 11.1 Å². The molecule has 122 valence electrons. The summed E-state index contributed by atoms with van der Waals surface area (Å²) in [4.78, 5) is 12.0. The SMILES string of the molecule is C=C[C@@]1(C)CCCC2=C1CC[C@@H]1[C@](C)(C(=O)O)CCC[C@@]21C. The lowest BCUT2D eigenvalue weighted by molar-refractivity contribution is -0.159. The zero-order valence-electron chi connectivity index (χ0n) is 14.4. The van der Waals surface area contributed by atoms with Crippen molar-refractivity contribution in [1.82, 2.24) is 0 Å². The molecule has 22 heavy (non-hydrogen) atoms. The zero-order valence-corrected chi connectivity index (χ0v) is 14.4. The van der Waals surface area contributed by atoms with Gasteiger partial charge < -0.3 is 5.11 Å². The predicted octanol–water partition coefficient (Wildman–Crippen LogP) is 5.35. The average Bonchev–Trinajstić information content (AvgIpc) is 2.47. The molecule has 3 aliphatic rings. The van der Waals surface area contributed by atoms with E-state index in [4.69, 9.17) is 0 Å². The van der Waals surface area contributed by atoms with Crippen LogP contribution in [0.1, 0.15) is 72.1 Å². The van der Waals surface area contributed by atoms with Gasteiger partial charge in [-0.2, -0.15) is 0 Å². The van der Waals surface area contributed by atoms with Gasteiger partial charge in [-0.15, -0.1) is 6.58 Å². The van der Waals surface area contributed by atoms with Crippen LogP contribution in [0.5, 0.6) is 0 Å². The van der Waals surface area contributed by atoms with Gasteiger partial charge in [-0.3, -0.25) is 4.79 Å². The predicted molar refractivity (Wildman–Crippen MR) is 89.6 cm³/mol. The summed E-state index contributed by atoms with van der Waals surface area (Å²) in [7, 11) is 0. The molecule has 0 radical (unpaired) electrons. The van der Waals surface area contributed by atoms with Gasteiger partial charge in [0.25, 0.3) is 0 Å². The van der Waals surface area contributed by atoms with Crippen molar-refractivity contribution < 1.29 is 9.90 Å². The first-order valence-corrected chi connectivity index (χ1v) is 8.88. The van der Waals surface area contributed by atoms with E-state index in [0.29, 0.717) is 0 Å². The topological polar surface area (TPSA) is 37.3 Å². The summed E-state index contributed by atoms with van der Waals surface area (Å²) in [5.74, 6) is -0.299. The Morgan fingerprint density at radius 1 is 1.14 bits per heavy atom. The number of allylic oxidation sites excluding steroid dienone is 3. The molecule has 1 N–H and O–H groups in total. The highest BCUT2D eigenvalue weighted by atomic mass is 16.4. The van der Waals surface area contributed by atoms with Gasteiger partial charge >= 0.3 is 5.97 Å². The summed E-state index contributed by atoms with van der Waals surface area (Å²) >= 11 is 0. The van der Waals surface area contributed by atoms with Gasteiger partial charge in [0.05, 0.1) is 5.41 Å². The summed E-state index contributed by atoms with van der Waals surface area (Å²) in [5.41, 5.74) is 2.88. The van der Waals surface area contributed by atoms with Crippen molar-refractivity contribution in [3.8, 4) is 0 Å². The molecule has 0 aliphatic heterocycles. The van der Waals surface area contributed by atoms with Gasteiger partial charge in [0.15, 0.2) is 0 Å². The highest BCUT2D eigenvalue weighted by Crippen LogP contribution is 2.64. The molecular formula is C20H30O2. The molecule has 2 heteroatoms. The highest BCUT2D eigenvalue weighted by Gasteiger charge is 2.57. The summed E-state index contributed by atoms with van der Waals surface area (Å²) in [6.45, 7) is 10.8. The van der Waals surface area contributed by atoms with Gasteiger partial charge in [0.1, 0.15) is 0 Å². The summed E-state index contributed by atoms with van der Waals surface area (Å²) in [6, 6.07) is 0. The van der Waals surface area contributed by atoms with Crippen LogP contribution >= 0.6 is 0 Å². The minimum Gasteiger partial charge on any atom is -0.481 e. The Bertz CT molecular complexity index is 546.